The van der Waals surface area contributed by atoms with Crippen LogP contribution in [0.15, 0.2) is 17.0 Å². The average molecular weight is 312 g/mol. The minimum absolute atomic E-state index is 0.0214. The number of halogens is 1. The Morgan fingerprint density at radius 3 is 2.43 bits per heavy atom. The summed E-state index contributed by atoms with van der Waals surface area (Å²) in [6, 6.07) is 3.00. The Morgan fingerprint density at radius 2 is 1.76 bits per heavy atom. The molecule has 2 unspecified atom stereocenters. The molecule has 2 atom stereocenters. The quantitative estimate of drug-likeness (QED) is 0.908. The lowest BCUT2D eigenvalue weighted by molar-refractivity contribution is 0.334. The van der Waals surface area contributed by atoms with Crippen LogP contribution in [0.5, 0.6) is 0 Å². The lowest BCUT2D eigenvalue weighted by Crippen LogP contribution is -2.42. The van der Waals surface area contributed by atoms with Gasteiger partial charge in [0.2, 0.25) is 10.0 Å². The molecule has 0 spiro atoms. The minimum atomic E-state index is -3.56. The number of sulfonamides is 1. The molecule has 2 aliphatic heterocycles. The Balaban J connectivity index is 2.04. The first-order valence-electron chi connectivity index (χ1n) is 7.42. The smallest absolute Gasteiger partial charge is 0.243 e. The second-order valence-electron chi connectivity index (χ2n) is 6.08. The van der Waals surface area contributed by atoms with Gasteiger partial charge < -0.3 is 5.32 Å². The summed E-state index contributed by atoms with van der Waals surface area (Å²) in [5.74, 6) is -0.325. The van der Waals surface area contributed by atoms with E-state index in [0.29, 0.717) is 17.7 Å². The van der Waals surface area contributed by atoms with Crippen LogP contribution in [-0.2, 0) is 10.0 Å². The van der Waals surface area contributed by atoms with Crippen molar-refractivity contribution in [3.63, 3.8) is 0 Å². The maximum Gasteiger partial charge on any atom is 0.243 e. The fraction of sp³-hybridized carbons (Fsp3) is 0.600. The number of hydrogen-bond acceptors (Lipinski definition) is 3. The predicted octanol–water partition coefficient (Wildman–Crippen LogP) is 1.96. The third kappa shape index (κ3) is 2.49. The van der Waals surface area contributed by atoms with Crippen LogP contribution in [0.2, 0.25) is 0 Å². The molecule has 116 valence electrons. The zero-order valence-corrected chi connectivity index (χ0v) is 13.2. The van der Waals surface area contributed by atoms with Crippen molar-refractivity contribution < 1.29 is 12.8 Å². The van der Waals surface area contributed by atoms with E-state index < -0.39 is 10.0 Å². The summed E-state index contributed by atoms with van der Waals surface area (Å²) in [5.41, 5.74) is 0.766. The van der Waals surface area contributed by atoms with Crippen LogP contribution < -0.4 is 5.32 Å². The SMILES string of the molecule is Cc1cc(S(=O)(=O)N2C3CCNCC2CC3)cc(C)c1F. The molecule has 0 saturated carbocycles. The second-order valence-corrected chi connectivity index (χ2v) is 7.93. The molecule has 2 saturated heterocycles. The first kappa shape index (κ1) is 14.9. The lowest BCUT2D eigenvalue weighted by atomic mass is 10.1. The number of benzene rings is 1. The predicted molar refractivity (Wildman–Crippen MR) is 79.2 cm³/mol. The molecule has 3 rings (SSSR count). The number of rotatable bonds is 2. The van der Waals surface area contributed by atoms with Gasteiger partial charge in [-0.25, -0.2) is 12.8 Å². The molecule has 2 fully saturated rings. The van der Waals surface area contributed by atoms with Crippen molar-refractivity contribution in [2.24, 2.45) is 0 Å². The molecule has 2 aliphatic rings. The summed E-state index contributed by atoms with van der Waals surface area (Å²) in [5, 5.41) is 3.30. The first-order chi connectivity index (χ1) is 9.91. The van der Waals surface area contributed by atoms with Crippen LogP contribution >= 0.6 is 0 Å². The number of nitrogens with one attached hydrogen (secondary N) is 1. The molecular formula is C15H21FN2O2S. The Bertz CT molecular complexity index is 623. The highest BCUT2D eigenvalue weighted by atomic mass is 32.2. The average Bonchev–Trinajstić information content (AvgIpc) is 2.69. The maximum atomic E-state index is 13.8. The Hall–Kier alpha value is -0.980. The molecule has 4 nitrogen and oxygen atoms in total. The molecule has 1 N–H and O–H groups in total. The van der Waals surface area contributed by atoms with Crippen LogP contribution in [0.1, 0.15) is 30.4 Å². The van der Waals surface area contributed by atoms with Crippen molar-refractivity contribution >= 4 is 10.0 Å². The Morgan fingerprint density at radius 1 is 1.14 bits per heavy atom. The third-order valence-electron chi connectivity index (χ3n) is 4.57. The van der Waals surface area contributed by atoms with Gasteiger partial charge in [0.15, 0.2) is 0 Å². The Labute approximate surface area is 125 Å². The van der Waals surface area contributed by atoms with E-state index in [1.54, 1.807) is 18.2 Å². The van der Waals surface area contributed by atoms with Gasteiger partial charge in [-0.15, -0.1) is 0 Å². The number of fused-ring (bicyclic) bond motifs is 2. The summed E-state index contributed by atoms with van der Waals surface area (Å²) in [4.78, 5) is 0.220. The van der Waals surface area contributed by atoms with E-state index >= 15 is 0 Å². The van der Waals surface area contributed by atoms with Crippen molar-refractivity contribution in [1.82, 2.24) is 9.62 Å². The molecule has 2 heterocycles. The lowest BCUT2D eigenvalue weighted by Gasteiger charge is -2.27. The second kappa shape index (κ2) is 5.34. The zero-order chi connectivity index (χ0) is 15.2. The van der Waals surface area contributed by atoms with E-state index in [9.17, 15) is 12.8 Å². The molecule has 2 bridgehead atoms. The molecule has 0 aliphatic carbocycles. The zero-order valence-electron chi connectivity index (χ0n) is 12.4. The van der Waals surface area contributed by atoms with Gasteiger partial charge in [0.05, 0.1) is 4.90 Å². The summed E-state index contributed by atoms with van der Waals surface area (Å²) in [6.07, 6.45) is 2.66. The fourth-order valence-electron chi connectivity index (χ4n) is 3.51. The summed E-state index contributed by atoms with van der Waals surface area (Å²) in [6.45, 7) is 4.78. The van der Waals surface area contributed by atoms with E-state index in [0.717, 1.165) is 25.8 Å². The molecule has 0 aromatic heterocycles. The highest BCUT2D eigenvalue weighted by molar-refractivity contribution is 7.89. The van der Waals surface area contributed by atoms with Gasteiger partial charge in [0.25, 0.3) is 0 Å². The van der Waals surface area contributed by atoms with Crippen LogP contribution in [-0.4, -0.2) is 37.9 Å². The first-order valence-corrected chi connectivity index (χ1v) is 8.86. The monoisotopic (exact) mass is 312 g/mol. The molecule has 0 radical (unpaired) electrons. The van der Waals surface area contributed by atoms with Gasteiger partial charge in [-0.1, -0.05) is 0 Å². The van der Waals surface area contributed by atoms with Crippen LogP contribution in [0.3, 0.4) is 0 Å². The highest BCUT2D eigenvalue weighted by Gasteiger charge is 2.43. The van der Waals surface area contributed by atoms with Crippen molar-refractivity contribution in [1.29, 1.82) is 0 Å². The molecular weight excluding hydrogens is 291 g/mol. The summed E-state index contributed by atoms with van der Waals surface area (Å²) >= 11 is 0. The van der Waals surface area contributed by atoms with Gasteiger partial charge in [-0.05, 0) is 62.9 Å². The van der Waals surface area contributed by atoms with Gasteiger partial charge in [0.1, 0.15) is 5.82 Å². The molecule has 21 heavy (non-hydrogen) atoms. The van der Waals surface area contributed by atoms with E-state index in [1.807, 2.05) is 0 Å². The van der Waals surface area contributed by atoms with Crippen molar-refractivity contribution in [3.8, 4) is 0 Å². The molecule has 6 heteroatoms. The minimum Gasteiger partial charge on any atom is -0.315 e. The van der Waals surface area contributed by atoms with Crippen molar-refractivity contribution in [3.05, 3.63) is 29.1 Å². The van der Waals surface area contributed by atoms with Crippen LogP contribution in [0, 0.1) is 19.7 Å². The normalized spacial score (nSPS) is 26.8. The van der Waals surface area contributed by atoms with Crippen molar-refractivity contribution in [2.45, 2.75) is 50.1 Å². The van der Waals surface area contributed by atoms with E-state index in [-0.39, 0.29) is 22.8 Å². The molecule has 1 aromatic rings. The molecule has 0 amide bonds. The standard InChI is InChI=1S/C15H21FN2O2S/c1-10-7-14(8-11(2)15(10)16)21(19,20)18-12-3-4-13(18)9-17-6-5-12/h7-8,12-13,17H,3-6,9H2,1-2H3. The summed E-state index contributed by atoms with van der Waals surface area (Å²) < 4.78 is 41.4. The van der Waals surface area contributed by atoms with Gasteiger partial charge >= 0.3 is 0 Å². The largest absolute Gasteiger partial charge is 0.315 e. The van der Waals surface area contributed by atoms with Crippen LogP contribution in [0.4, 0.5) is 4.39 Å². The fourth-order valence-corrected chi connectivity index (χ4v) is 5.58. The highest BCUT2D eigenvalue weighted by Crippen LogP contribution is 2.34. The number of hydrogen-bond donors (Lipinski definition) is 1. The van der Waals surface area contributed by atoms with Crippen molar-refractivity contribution in [2.75, 3.05) is 13.1 Å². The molecule has 1 aromatic carbocycles. The van der Waals surface area contributed by atoms with Crippen LogP contribution in [0.25, 0.3) is 0 Å². The van der Waals surface area contributed by atoms with E-state index in [4.69, 9.17) is 0 Å². The third-order valence-corrected chi connectivity index (χ3v) is 6.56. The van der Waals surface area contributed by atoms with E-state index in [2.05, 4.69) is 5.32 Å². The summed E-state index contributed by atoms with van der Waals surface area (Å²) in [7, 11) is -3.56. The van der Waals surface area contributed by atoms with Gasteiger partial charge in [-0.2, -0.15) is 4.31 Å². The van der Waals surface area contributed by atoms with E-state index in [1.165, 1.54) is 12.1 Å². The van der Waals surface area contributed by atoms with Gasteiger partial charge in [-0.3, -0.25) is 0 Å². The Kier molecular flexibility index (Phi) is 3.80. The van der Waals surface area contributed by atoms with Gasteiger partial charge in [0, 0.05) is 18.6 Å². The topological polar surface area (TPSA) is 49.4 Å². The number of nitrogens with zero attached hydrogens (tertiary/aromatic N) is 1. The maximum absolute atomic E-state index is 13.8. The number of aryl methyl sites for hydroxylation is 2.